The van der Waals surface area contributed by atoms with Crippen molar-refractivity contribution in [3.05, 3.63) is 59.9 Å². The Morgan fingerprint density at radius 1 is 1.06 bits per heavy atom. The molecule has 6 rings (SSSR count). The lowest BCUT2D eigenvalue weighted by atomic mass is 9.49. The second-order valence-corrected chi connectivity index (χ2v) is 12.6. The predicted molar refractivity (Wildman–Crippen MR) is 132 cm³/mol. The molecule has 1 atom stereocenters. The number of amides is 1. The van der Waals surface area contributed by atoms with E-state index in [1.165, 1.54) is 31.4 Å². The van der Waals surface area contributed by atoms with Crippen molar-refractivity contribution in [1.29, 1.82) is 0 Å². The monoisotopic (exact) mass is 499 g/mol. The van der Waals surface area contributed by atoms with E-state index < -0.39 is 15.9 Å². The van der Waals surface area contributed by atoms with Crippen LogP contribution in [0.25, 0.3) is 0 Å². The molecule has 0 saturated heterocycles. The van der Waals surface area contributed by atoms with Crippen LogP contribution in [0.4, 0.5) is 4.39 Å². The van der Waals surface area contributed by atoms with Crippen molar-refractivity contribution < 1.29 is 21.8 Å². The van der Waals surface area contributed by atoms with Gasteiger partial charge in [-0.15, -0.1) is 0 Å². The van der Waals surface area contributed by atoms with Crippen LogP contribution in [-0.2, 0) is 21.5 Å². The van der Waals surface area contributed by atoms with Gasteiger partial charge in [-0.2, -0.15) is 8.42 Å². The highest BCUT2D eigenvalue weighted by Crippen LogP contribution is 2.60. The predicted octanol–water partition coefficient (Wildman–Crippen LogP) is 5.94. The number of carbonyl (C=O) groups excluding carboxylic acids is 1. The molecular weight excluding hydrogens is 465 g/mol. The van der Waals surface area contributed by atoms with Gasteiger partial charge in [0.2, 0.25) is 5.91 Å². The maximum atomic E-state index is 14.1. The second kappa shape index (κ2) is 9.23. The smallest absolute Gasteiger partial charge is 0.339 e. The summed E-state index contributed by atoms with van der Waals surface area (Å²) < 4.78 is 43.9. The van der Waals surface area contributed by atoms with Gasteiger partial charge in [0.05, 0.1) is 5.41 Å². The number of carbonyl (C=O) groups is 1. The lowest BCUT2D eigenvalue weighted by molar-refractivity contribution is -0.160. The average molecular weight is 500 g/mol. The zero-order valence-corrected chi connectivity index (χ0v) is 21.3. The van der Waals surface area contributed by atoms with Crippen LogP contribution >= 0.6 is 0 Å². The zero-order chi connectivity index (χ0) is 24.8. The number of hydrogen-bond donors (Lipinski definition) is 0. The van der Waals surface area contributed by atoms with Crippen molar-refractivity contribution in [2.24, 2.45) is 23.2 Å². The summed E-state index contributed by atoms with van der Waals surface area (Å²) >= 11 is 0. The summed E-state index contributed by atoms with van der Waals surface area (Å²) in [5.74, 6) is 2.02. The van der Waals surface area contributed by atoms with Crippen LogP contribution in [0.15, 0.2) is 53.4 Å². The molecule has 0 radical (unpaired) electrons. The van der Waals surface area contributed by atoms with Gasteiger partial charge in [0.25, 0.3) is 0 Å². The SMILES string of the molecule is CCC(C)N(Cc1cccc(OS(=O)(=O)c2ccc(F)cc2)c1)C(=O)C12CC3CC(CC(C3)C1)C2. The summed E-state index contributed by atoms with van der Waals surface area (Å²) in [7, 11) is -4.09. The van der Waals surface area contributed by atoms with Crippen LogP contribution in [0.1, 0.15) is 64.4 Å². The van der Waals surface area contributed by atoms with E-state index in [-0.39, 0.29) is 28.0 Å². The van der Waals surface area contributed by atoms with Crippen LogP contribution < -0.4 is 4.18 Å². The van der Waals surface area contributed by atoms with Gasteiger partial charge < -0.3 is 9.08 Å². The molecule has 0 N–H and O–H groups in total. The summed E-state index contributed by atoms with van der Waals surface area (Å²) in [5.41, 5.74) is 0.605. The van der Waals surface area contributed by atoms with Crippen LogP contribution in [0.3, 0.4) is 0 Å². The Bertz CT molecular complexity index is 1160. The third-order valence-electron chi connectivity index (χ3n) is 8.44. The van der Waals surface area contributed by atoms with E-state index >= 15 is 0 Å². The summed E-state index contributed by atoms with van der Waals surface area (Å²) in [6.07, 6.45) is 7.78. The van der Waals surface area contributed by atoms with Gasteiger partial charge in [-0.3, -0.25) is 4.79 Å². The van der Waals surface area contributed by atoms with Crippen molar-refractivity contribution in [2.45, 2.75) is 76.3 Å². The highest BCUT2D eigenvalue weighted by Gasteiger charge is 2.55. The molecule has 2 aromatic carbocycles. The molecule has 35 heavy (non-hydrogen) atoms. The Kier molecular flexibility index (Phi) is 6.41. The summed E-state index contributed by atoms with van der Waals surface area (Å²) in [6.45, 7) is 4.61. The average Bonchev–Trinajstić information content (AvgIpc) is 2.81. The van der Waals surface area contributed by atoms with Gasteiger partial charge in [-0.25, -0.2) is 4.39 Å². The zero-order valence-electron chi connectivity index (χ0n) is 20.5. The Morgan fingerprint density at radius 3 is 2.23 bits per heavy atom. The molecule has 1 amide bonds. The van der Waals surface area contributed by atoms with Crippen LogP contribution in [0, 0.1) is 29.0 Å². The van der Waals surface area contributed by atoms with Crippen LogP contribution in [0.2, 0.25) is 0 Å². The van der Waals surface area contributed by atoms with E-state index in [1.807, 2.05) is 11.0 Å². The summed E-state index contributed by atoms with van der Waals surface area (Å²) in [6, 6.07) is 11.5. The maximum absolute atomic E-state index is 14.1. The van der Waals surface area contributed by atoms with E-state index in [0.29, 0.717) is 24.3 Å². The van der Waals surface area contributed by atoms with E-state index in [4.69, 9.17) is 4.18 Å². The van der Waals surface area contributed by atoms with Crippen molar-refractivity contribution in [1.82, 2.24) is 4.90 Å². The van der Waals surface area contributed by atoms with Gasteiger partial charge in [-0.1, -0.05) is 19.1 Å². The minimum absolute atomic E-state index is 0.0861. The fourth-order valence-corrected chi connectivity index (χ4v) is 7.92. The number of hydrogen-bond acceptors (Lipinski definition) is 4. The maximum Gasteiger partial charge on any atom is 0.339 e. The molecule has 0 spiro atoms. The number of halogens is 1. The lowest BCUT2D eigenvalue weighted by Gasteiger charge is -2.57. The normalized spacial score (nSPS) is 28.0. The topological polar surface area (TPSA) is 63.7 Å². The van der Waals surface area contributed by atoms with Crippen molar-refractivity contribution in [2.75, 3.05) is 0 Å². The van der Waals surface area contributed by atoms with Crippen molar-refractivity contribution in [3.8, 4) is 5.75 Å². The van der Waals surface area contributed by atoms with Gasteiger partial charge >= 0.3 is 10.1 Å². The fraction of sp³-hybridized carbons (Fsp3) is 0.536. The summed E-state index contributed by atoms with van der Waals surface area (Å²) in [5, 5.41) is 0. The van der Waals surface area contributed by atoms with E-state index in [0.717, 1.165) is 43.4 Å². The Balaban J connectivity index is 1.36. The summed E-state index contributed by atoms with van der Waals surface area (Å²) in [4.78, 5) is 16.0. The van der Waals surface area contributed by atoms with Crippen LogP contribution in [0.5, 0.6) is 5.75 Å². The van der Waals surface area contributed by atoms with Gasteiger partial charge in [0, 0.05) is 12.6 Å². The van der Waals surface area contributed by atoms with E-state index in [9.17, 15) is 17.6 Å². The van der Waals surface area contributed by atoms with Gasteiger partial charge in [0.15, 0.2) is 0 Å². The largest absolute Gasteiger partial charge is 0.379 e. The molecule has 4 aliphatic rings. The molecule has 0 aromatic heterocycles. The molecule has 5 nitrogen and oxygen atoms in total. The number of benzene rings is 2. The first-order valence-corrected chi connectivity index (χ1v) is 14.2. The van der Waals surface area contributed by atoms with Gasteiger partial charge in [-0.05, 0) is 112 Å². The third-order valence-corrected chi connectivity index (χ3v) is 9.70. The van der Waals surface area contributed by atoms with Crippen LogP contribution in [-0.4, -0.2) is 25.3 Å². The first-order valence-electron chi connectivity index (χ1n) is 12.8. The molecule has 0 heterocycles. The molecule has 4 bridgehead atoms. The molecule has 188 valence electrons. The highest BCUT2D eigenvalue weighted by atomic mass is 32.2. The minimum atomic E-state index is -4.09. The third kappa shape index (κ3) is 4.84. The van der Waals surface area contributed by atoms with E-state index in [2.05, 4.69) is 13.8 Å². The van der Waals surface area contributed by atoms with Crippen molar-refractivity contribution >= 4 is 16.0 Å². The quantitative estimate of drug-likeness (QED) is 0.422. The minimum Gasteiger partial charge on any atom is -0.379 e. The first kappa shape index (κ1) is 24.3. The molecule has 2 aromatic rings. The fourth-order valence-electron chi connectivity index (χ4n) is 6.99. The number of rotatable bonds is 8. The molecule has 4 fully saturated rings. The standard InChI is InChI=1S/C28H34FNO4S/c1-3-19(2)30(27(31)28-15-21-11-22(16-28)13-23(12-21)17-28)18-20-5-4-6-25(14-20)34-35(32,33)26-9-7-24(29)8-10-26/h4-10,14,19,21-23H,3,11-13,15-18H2,1-2H3. The van der Waals surface area contributed by atoms with E-state index in [1.54, 1.807) is 18.2 Å². The molecule has 4 aliphatic carbocycles. The molecule has 4 saturated carbocycles. The molecule has 0 aliphatic heterocycles. The molecular formula is C28H34FNO4S. The second-order valence-electron chi connectivity index (χ2n) is 11.0. The van der Waals surface area contributed by atoms with Gasteiger partial charge in [0.1, 0.15) is 16.5 Å². The molecule has 7 heteroatoms. The Labute approximate surface area is 207 Å². The lowest BCUT2D eigenvalue weighted by Crippen LogP contribution is -2.55. The number of nitrogens with zero attached hydrogens (tertiary/aromatic N) is 1. The Morgan fingerprint density at radius 2 is 1.66 bits per heavy atom. The molecule has 1 unspecified atom stereocenters. The first-order chi connectivity index (χ1) is 16.7. The Hall–Kier alpha value is -2.41. The highest BCUT2D eigenvalue weighted by molar-refractivity contribution is 7.87. The van der Waals surface area contributed by atoms with Crippen molar-refractivity contribution in [3.63, 3.8) is 0 Å².